The Balaban J connectivity index is 2.44. The van der Waals surface area contributed by atoms with Crippen LogP contribution in [0.3, 0.4) is 0 Å². The lowest BCUT2D eigenvalue weighted by atomic mass is 10.0. The minimum atomic E-state index is -4.44. The maximum atomic E-state index is 12.6. The topological polar surface area (TPSA) is 26.0 Å². The Morgan fingerprint density at radius 1 is 1.00 bits per heavy atom. The first-order valence-corrected chi connectivity index (χ1v) is 5.96. The Labute approximate surface area is 113 Å². The largest absolute Gasteiger partial charge is 0.417 e. The highest BCUT2D eigenvalue weighted by atomic mass is 35.5. The highest BCUT2D eigenvalue weighted by Crippen LogP contribution is 2.36. The molecular formula is C14H11ClF3N. The van der Waals surface area contributed by atoms with Gasteiger partial charge >= 0.3 is 6.18 Å². The van der Waals surface area contributed by atoms with Crippen molar-refractivity contribution < 1.29 is 13.2 Å². The zero-order chi connectivity index (χ0) is 14.0. The van der Waals surface area contributed by atoms with E-state index in [1.54, 1.807) is 6.07 Å². The summed E-state index contributed by atoms with van der Waals surface area (Å²) in [6, 6.07) is 11.0. The molecule has 5 heteroatoms. The van der Waals surface area contributed by atoms with Crippen LogP contribution in [0, 0.1) is 0 Å². The molecule has 2 rings (SSSR count). The molecule has 0 fully saturated rings. The summed E-state index contributed by atoms with van der Waals surface area (Å²) in [7, 11) is 0. The van der Waals surface area contributed by atoms with Gasteiger partial charge in [-0.05, 0) is 34.9 Å². The van der Waals surface area contributed by atoms with Crippen LogP contribution in [-0.4, -0.2) is 0 Å². The van der Waals surface area contributed by atoms with E-state index < -0.39 is 11.7 Å². The van der Waals surface area contributed by atoms with E-state index in [2.05, 4.69) is 0 Å². The van der Waals surface area contributed by atoms with E-state index in [4.69, 9.17) is 17.3 Å². The highest BCUT2D eigenvalue weighted by molar-refractivity contribution is 6.31. The van der Waals surface area contributed by atoms with Crippen molar-refractivity contribution in [1.82, 2.24) is 0 Å². The molecule has 0 radical (unpaired) electrons. The van der Waals surface area contributed by atoms with Crippen LogP contribution >= 0.6 is 11.6 Å². The number of nitrogens with two attached hydrogens (primary N) is 1. The van der Waals surface area contributed by atoms with E-state index in [1.807, 2.05) is 18.2 Å². The quantitative estimate of drug-likeness (QED) is 0.865. The monoisotopic (exact) mass is 285 g/mol. The summed E-state index contributed by atoms with van der Waals surface area (Å²) in [4.78, 5) is 0. The van der Waals surface area contributed by atoms with Crippen molar-refractivity contribution in [3.05, 3.63) is 58.6 Å². The molecule has 2 N–H and O–H groups in total. The molecule has 2 aromatic carbocycles. The fourth-order valence-corrected chi connectivity index (χ4v) is 2.09. The average Bonchev–Trinajstić information content (AvgIpc) is 2.37. The SMILES string of the molecule is NCc1cccc(-c2ccc(C(F)(F)F)c(Cl)c2)c1. The molecular weight excluding hydrogens is 275 g/mol. The Hall–Kier alpha value is -1.52. The third-order valence-corrected chi connectivity index (χ3v) is 3.08. The number of benzene rings is 2. The van der Waals surface area contributed by atoms with E-state index in [1.165, 1.54) is 12.1 Å². The molecule has 0 aliphatic heterocycles. The van der Waals surface area contributed by atoms with Gasteiger partial charge in [-0.25, -0.2) is 0 Å². The fourth-order valence-electron chi connectivity index (χ4n) is 1.80. The summed E-state index contributed by atoms with van der Waals surface area (Å²) in [5.74, 6) is 0. The van der Waals surface area contributed by atoms with Crippen LogP contribution in [0.15, 0.2) is 42.5 Å². The second-order valence-electron chi connectivity index (χ2n) is 4.10. The number of hydrogen-bond donors (Lipinski definition) is 1. The minimum Gasteiger partial charge on any atom is -0.326 e. The van der Waals surface area contributed by atoms with Gasteiger partial charge in [-0.3, -0.25) is 0 Å². The second kappa shape index (κ2) is 5.23. The van der Waals surface area contributed by atoms with Crippen molar-refractivity contribution >= 4 is 11.6 Å². The molecule has 0 spiro atoms. The maximum Gasteiger partial charge on any atom is 0.417 e. The van der Waals surface area contributed by atoms with Crippen LogP contribution in [0.4, 0.5) is 13.2 Å². The number of alkyl halides is 3. The predicted octanol–water partition coefficient (Wildman–Crippen LogP) is 4.48. The molecule has 0 amide bonds. The molecule has 0 unspecified atom stereocenters. The van der Waals surface area contributed by atoms with Gasteiger partial charge < -0.3 is 5.73 Å². The molecule has 100 valence electrons. The zero-order valence-corrected chi connectivity index (χ0v) is 10.6. The van der Waals surface area contributed by atoms with Gasteiger partial charge in [0.25, 0.3) is 0 Å². The van der Waals surface area contributed by atoms with Gasteiger partial charge in [0.1, 0.15) is 0 Å². The standard InChI is InChI=1S/C14H11ClF3N/c15-13-7-11(4-5-12(13)14(16,17)18)10-3-1-2-9(6-10)8-19/h1-7H,8,19H2. The Kier molecular flexibility index (Phi) is 3.83. The Bertz CT molecular complexity index is 593. The molecule has 0 saturated carbocycles. The summed E-state index contributed by atoms with van der Waals surface area (Å²) in [5.41, 5.74) is 7.04. The van der Waals surface area contributed by atoms with Crippen LogP contribution in [0.5, 0.6) is 0 Å². The van der Waals surface area contributed by atoms with Crippen LogP contribution in [0.25, 0.3) is 11.1 Å². The summed E-state index contributed by atoms with van der Waals surface area (Å²) >= 11 is 5.69. The van der Waals surface area contributed by atoms with Crippen molar-refractivity contribution in [1.29, 1.82) is 0 Å². The van der Waals surface area contributed by atoms with Gasteiger partial charge in [-0.15, -0.1) is 0 Å². The molecule has 0 atom stereocenters. The van der Waals surface area contributed by atoms with Crippen LogP contribution in [0.2, 0.25) is 5.02 Å². The summed E-state index contributed by atoms with van der Waals surface area (Å²) in [6.45, 7) is 0.377. The van der Waals surface area contributed by atoms with Gasteiger partial charge in [0.2, 0.25) is 0 Å². The number of hydrogen-bond acceptors (Lipinski definition) is 1. The van der Waals surface area contributed by atoms with E-state index in [9.17, 15) is 13.2 Å². The second-order valence-corrected chi connectivity index (χ2v) is 4.50. The summed E-state index contributed by atoms with van der Waals surface area (Å²) < 4.78 is 37.8. The van der Waals surface area contributed by atoms with Gasteiger partial charge in [0, 0.05) is 6.54 Å². The first-order chi connectivity index (χ1) is 8.91. The van der Waals surface area contributed by atoms with E-state index >= 15 is 0 Å². The summed E-state index contributed by atoms with van der Waals surface area (Å²) in [6.07, 6.45) is -4.44. The van der Waals surface area contributed by atoms with E-state index in [0.29, 0.717) is 12.1 Å². The molecule has 0 heterocycles. The molecule has 0 saturated heterocycles. The fraction of sp³-hybridized carbons (Fsp3) is 0.143. The average molecular weight is 286 g/mol. The molecule has 0 aliphatic carbocycles. The van der Waals surface area contributed by atoms with Crippen molar-refractivity contribution in [3.63, 3.8) is 0 Å². The molecule has 2 aromatic rings. The molecule has 0 aromatic heterocycles. The normalized spacial score (nSPS) is 11.6. The lowest BCUT2D eigenvalue weighted by molar-refractivity contribution is -0.137. The van der Waals surface area contributed by atoms with Gasteiger partial charge in [-0.2, -0.15) is 13.2 Å². The van der Waals surface area contributed by atoms with Gasteiger partial charge in [0.15, 0.2) is 0 Å². The number of rotatable bonds is 2. The summed E-state index contributed by atoms with van der Waals surface area (Å²) in [5, 5.41) is -0.303. The first-order valence-electron chi connectivity index (χ1n) is 5.58. The molecule has 19 heavy (non-hydrogen) atoms. The van der Waals surface area contributed by atoms with Crippen molar-refractivity contribution in [3.8, 4) is 11.1 Å². The lowest BCUT2D eigenvalue weighted by Gasteiger charge is -2.11. The third-order valence-electron chi connectivity index (χ3n) is 2.77. The highest BCUT2D eigenvalue weighted by Gasteiger charge is 2.33. The van der Waals surface area contributed by atoms with E-state index in [0.717, 1.165) is 17.2 Å². The molecule has 0 bridgehead atoms. The maximum absolute atomic E-state index is 12.6. The zero-order valence-electron chi connectivity index (χ0n) is 9.84. The molecule has 1 nitrogen and oxygen atoms in total. The third kappa shape index (κ3) is 3.08. The van der Waals surface area contributed by atoms with Crippen LogP contribution in [-0.2, 0) is 12.7 Å². The van der Waals surface area contributed by atoms with Crippen molar-refractivity contribution in [2.24, 2.45) is 5.73 Å². The van der Waals surface area contributed by atoms with Crippen LogP contribution < -0.4 is 5.73 Å². The van der Waals surface area contributed by atoms with Crippen molar-refractivity contribution in [2.45, 2.75) is 12.7 Å². The first kappa shape index (κ1) is 13.9. The van der Waals surface area contributed by atoms with Crippen molar-refractivity contribution in [2.75, 3.05) is 0 Å². The van der Waals surface area contributed by atoms with Gasteiger partial charge in [0.05, 0.1) is 10.6 Å². The Morgan fingerprint density at radius 2 is 1.68 bits per heavy atom. The lowest BCUT2D eigenvalue weighted by Crippen LogP contribution is -2.05. The number of halogens is 4. The van der Waals surface area contributed by atoms with Crippen LogP contribution in [0.1, 0.15) is 11.1 Å². The van der Waals surface area contributed by atoms with Gasteiger partial charge in [-0.1, -0.05) is 35.9 Å². The predicted molar refractivity (Wildman–Crippen MR) is 69.8 cm³/mol. The molecule has 0 aliphatic rings. The minimum absolute atomic E-state index is 0.303. The van der Waals surface area contributed by atoms with E-state index in [-0.39, 0.29) is 5.02 Å². The smallest absolute Gasteiger partial charge is 0.326 e. The Morgan fingerprint density at radius 3 is 2.26 bits per heavy atom.